The van der Waals surface area contributed by atoms with Crippen LogP contribution >= 0.6 is 0 Å². The molecule has 0 rings (SSSR count). The summed E-state index contributed by atoms with van der Waals surface area (Å²) in [7, 11) is 0. The summed E-state index contributed by atoms with van der Waals surface area (Å²) >= 11 is 0. The van der Waals surface area contributed by atoms with Crippen molar-refractivity contribution in [3.05, 3.63) is 12.2 Å². The van der Waals surface area contributed by atoms with E-state index >= 15 is 0 Å². The maximum atomic E-state index is 11.1. The molecular formula is C16H30O4. The van der Waals surface area contributed by atoms with Crippen LogP contribution in [0.4, 0.5) is 0 Å². The van der Waals surface area contributed by atoms with Crippen LogP contribution in [0.1, 0.15) is 71.1 Å². The molecule has 1 atom stereocenters. The van der Waals surface area contributed by atoms with E-state index in [-0.39, 0.29) is 0 Å². The fraction of sp³-hybridized carbons (Fsp3) is 0.812. The van der Waals surface area contributed by atoms with Crippen molar-refractivity contribution in [3.8, 4) is 0 Å². The lowest BCUT2D eigenvalue weighted by molar-refractivity contribution is -0.163. The lowest BCUT2D eigenvalue weighted by atomic mass is 10.1. The van der Waals surface area contributed by atoms with Crippen molar-refractivity contribution in [3.63, 3.8) is 0 Å². The van der Waals surface area contributed by atoms with E-state index in [2.05, 4.69) is 6.58 Å². The van der Waals surface area contributed by atoms with Crippen molar-refractivity contribution in [2.75, 3.05) is 6.61 Å². The Kier molecular flexibility index (Phi) is 12.6. The summed E-state index contributed by atoms with van der Waals surface area (Å²) in [6, 6.07) is 0. The number of esters is 1. The molecule has 0 bridgehead atoms. The second kappa shape index (κ2) is 13.1. The zero-order chi connectivity index (χ0) is 15.2. The Morgan fingerprint density at radius 1 is 1.00 bits per heavy atom. The third-order valence-electron chi connectivity index (χ3n) is 3.20. The average Bonchev–Trinajstić information content (AvgIpc) is 2.40. The Morgan fingerprint density at radius 3 is 1.90 bits per heavy atom. The average molecular weight is 286 g/mol. The second-order valence-electron chi connectivity index (χ2n) is 5.33. The first-order valence-corrected chi connectivity index (χ1v) is 7.73. The van der Waals surface area contributed by atoms with Crippen LogP contribution in [0, 0.1) is 0 Å². The lowest BCUT2D eigenvalue weighted by Gasteiger charge is -2.11. The van der Waals surface area contributed by atoms with E-state index in [1.165, 1.54) is 25.7 Å². The largest absolute Gasteiger partial charge is 0.433 e. The highest BCUT2D eigenvalue weighted by Gasteiger charge is 2.10. The molecule has 0 spiro atoms. The Hall–Kier alpha value is -0.870. The molecule has 0 aromatic rings. The predicted molar refractivity (Wildman–Crippen MR) is 80.2 cm³/mol. The van der Waals surface area contributed by atoms with E-state index in [0.29, 0.717) is 18.6 Å². The van der Waals surface area contributed by atoms with Gasteiger partial charge in [0.05, 0.1) is 0 Å². The molecule has 0 radical (unpaired) electrons. The summed E-state index contributed by atoms with van der Waals surface area (Å²) in [5.74, 6) is -0.527. The van der Waals surface area contributed by atoms with Crippen molar-refractivity contribution < 1.29 is 19.7 Å². The van der Waals surface area contributed by atoms with Crippen LogP contribution in [0.2, 0.25) is 0 Å². The van der Waals surface area contributed by atoms with Crippen molar-refractivity contribution in [1.29, 1.82) is 0 Å². The number of ether oxygens (including phenoxy) is 1. The SMILES string of the molecule is C=C(C)C(=O)OC(O)CCCCCCCCCCCO. The van der Waals surface area contributed by atoms with Crippen molar-refractivity contribution >= 4 is 5.97 Å². The normalized spacial score (nSPS) is 12.2. The smallest absolute Gasteiger partial charge is 0.335 e. The first-order valence-electron chi connectivity index (χ1n) is 7.73. The molecule has 0 aliphatic rings. The maximum absolute atomic E-state index is 11.1. The molecule has 0 aromatic heterocycles. The van der Waals surface area contributed by atoms with E-state index < -0.39 is 12.3 Å². The van der Waals surface area contributed by atoms with Gasteiger partial charge < -0.3 is 14.9 Å². The quantitative estimate of drug-likeness (QED) is 0.236. The first-order chi connectivity index (χ1) is 9.57. The fourth-order valence-electron chi connectivity index (χ4n) is 1.95. The molecular weight excluding hydrogens is 256 g/mol. The molecule has 0 fully saturated rings. The molecule has 0 aliphatic carbocycles. The summed E-state index contributed by atoms with van der Waals surface area (Å²) in [5, 5.41) is 18.1. The fourth-order valence-corrected chi connectivity index (χ4v) is 1.95. The molecule has 0 aromatic carbocycles. The van der Waals surface area contributed by atoms with E-state index in [4.69, 9.17) is 9.84 Å². The maximum Gasteiger partial charge on any atom is 0.335 e. The monoisotopic (exact) mass is 286 g/mol. The van der Waals surface area contributed by atoms with E-state index in [9.17, 15) is 9.90 Å². The third-order valence-corrected chi connectivity index (χ3v) is 3.20. The van der Waals surface area contributed by atoms with Gasteiger partial charge in [-0.15, -0.1) is 0 Å². The first kappa shape index (κ1) is 19.1. The zero-order valence-electron chi connectivity index (χ0n) is 12.8. The lowest BCUT2D eigenvalue weighted by Crippen LogP contribution is -2.17. The number of rotatable bonds is 13. The highest BCUT2D eigenvalue weighted by molar-refractivity contribution is 5.86. The van der Waals surface area contributed by atoms with E-state index in [0.717, 1.165) is 32.1 Å². The van der Waals surface area contributed by atoms with Crippen LogP contribution in [0.25, 0.3) is 0 Å². The zero-order valence-corrected chi connectivity index (χ0v) is 12.8. The summed E-state index contributed by atoms with van der Waals surface area (Å²) in [6.45, 7) is 5.33. The van der Waals surface area contributed by atoms with Crippen molar-refractivity contribution in [2.24, 2.45) is 0 Å². The van der Waals surface area contributed by atoms with Gasteiger partial charge in [0.1, 0.15) is 0 Å². The highest BCUT2D eigenvalue weighted by atomic mass is 16.6. The number of carbonyl (C=O) groups excluding carboxylic acids is 1. The van der Waals surface area contributed by atoms with Gasteiger partial charge in [0.2, 0.25) is 6.29 Å². The molecule has 0 heterocycles. The Balaban J connectivity index is 3.27. The molecule has 20 heavy (non-hydrogen) atoms. The third kappa shape index (κ3) is 12.2. The molecule has 0 saturated carbocycles. The minimum atomic E-state index is -1.00. The van der Waals surface area contributed by atoms with Gasteiger partial charge in [0, 0.05) is 18.6 Å². The Bertz CT molecular complexity index is 263. The van der Waals surface area contributed by atoms with E-state index in [1.54, 1.807) is 6.92 Å². The van der Waals surface area contributed by atoms with Gasteiger partial charge in [-0.2, -0.15) is 0 Å². The Labute approximate surface area is 122 Å². The molecule has 1 unspecified atom stereocenters. The molecule has 0 amide bonds. The molecule has 4 nitrogen and oxygen atoms in total. The van der Waals surface area contributed by atoms with Gasteiger partial charge in [-0.25, -0.2) is 4.79 Å². The topological polar surface area (TPSA) is 66.8 Å². The summed E-state index contributed by atoms with van der Waals surface area (Å²) < 4.78 is 4.79. The number of aliphatic hydroxyl groups is 2. The van der Waals surface area contributed by atoms with Gasteiger partial charge in [-0.1, -0.05) is 51.5 Å². The summed E-state index contributed by atoms with van der Waals surface area (Å²) in [4.78, 5) is 11.1. The highest BCUT2D eigenvalue weighted by Crippen LogP contribution is 2.12. The number of hydrogen-bond acceptors (Lipinski definition) is 4. The van der Waals surface area contributed by atoms with Gasteiger partial charge in [-0.05, 0) is 19.8 Å². The molecule has 0 saturated heterocycles. The number of carbonyl (C=O) groups is 1. The van der Waals surface area contributed by atoms with Gasteiger partial charge in [0.15, 0.2) is 0 Å². The van der Waals surface area contributed by atoms with Crippen molar-refractivity contribution in [1.82, 2.24) is 0 Å². The summed E-state index contributed by atoms with van der Waals surface area (Å²) in [6.07, 6.45) is 9.49. The number of aliphatic hydroxyl groups excluding tert-OH is 2. The molecule has 118 valence electrons. The standard InChI is InChI=1S/C16H30O4/c1-14(2)16(19)20-15(18)12-10-8-6-4-3-5-7-9-11-13-17/h15,17-18H,1,3-13H2,2H3. The van der Waals surface area contributed by atoms with Crippen molar-refractivity contribution in [2.45, 2.75) is 77.4 Å². The number of hydrogen-bond donors (Lipinski definition) is 2. The molecule has 4 heteroatoms. The van der Waals surface area contributed by atoms with E-state index in [1.807, 2.05) is 0 Å². The van der Waals surface area contributed by atoms with Gasteiger partial charge in [-0.3, -0.25) is 0 Å². The minimum absolute atomic E-state index is 0.304. The number of unbranched alkanes of at least 4 members (excludes halogenated alkanes) is 8. The second-order valence-corrected chi connectivity index (χ2v) is 5.33. The minimum Gasteiger partial charge on any atom is -0.433 e. The van der Waals surface area contributed by atoms with Crippen LogP contribution in [-0.4, -0.2) is 29.1 Å². The van der Waals surface area contributed by atoms with Crippen LogP contribution in [-0.2, 0) is 9.53 Å². The van der Waals surface area contributed by atoms with Gasteiger partial charge >= 0.3 is 5.97 Å². The molecule has 2 N–H and O–H groups in total. The van der Waals surface area contributed by atoms with Crippen LogP contribution in [0.15, 0.2) is 12.2 Å². The van der Waals surface area contributed by atoms with Crippen LogP contribution < -0.4 is 0 Å². The summed E-state index contributed by atoms with van der Waals surface area (Å²) in [5.41, 5.74) is 0.310. The predicted octanol–water partition coefficient (Wildman–Crippen LogP) is 3.32. The Morgan fingerprint density at radius 2 is 1.45 bits per heavy atom. The van der Waals surface area contributed by atoms with Gasteiger partial charge in [0.25, 0.3) is 0 Å². The van der Waals surface area contributed by atoms with Crippen LogP contribution in [0.5, 0.6) is 0 Å². The molecule has 0 aliphatic heterocycles. The van der Waals surface area contributed by atoms with Crippen LogP contribution in [0.3, 0.4) is 0 Å².